The quantitative estimate of drug-likeness (QED) is 0.466. The lowest BCUT2D eigenvalue weighted by molar-refractivity contribution is -0.128. The molecule has 3 N–H and O–H groups in total. The predicted molar refractivity (Wildman–Crippen MR) is 105 cm³/mol. The lowest BCUT2D eigenvalue weighted by atomic mass is 10.5. The Bertz CT molecular complexity index is 758. The number of thioether (sulfide) groups is 2. The molecule has 2 heterocycles. The van der Waals surface area contributed by atoms with E-state index in [4.69, 9.17) is 5.84 Å². The normalized spacial score (nSPS) is 10.7. The van der Waals surface area contributed by atoms with Crippen LogP contribution in [0.1, 0.15) is 19.5 Å². The van der Waals surface area contributed by atoms with Crippen LogP contribution in [0.25, 0.3) is 0 Å². The van der Waals surface area contributed by atoms with Gasteiger partial charge in [0, 0.05) is 18.5 Å². The van der Waals surface area contributed by atoms with Crippen molar-refractivity contribution in [3.05, 3.63) is 11.1 Å². The van der Waals surface area contributed by atoms with Gasteiger partial charge in [-0.3, -0.25) is 9.59 Å². The molecule has 2 aromatic heterocycles. The molecule has 12 heteroatoms. The zero-order chi connectivity index (χ0) is 19.1. The fourth-order valence-corrected chi connectivity index (χ4v) is 4.13. The number of anilines is 1. The van der Waals surface area contributed by atoms with Gasteiger partial charge in [-0.15, -0.1) is 21.5 Å². The minimum atomic E-state index is -0.196. The van der Waals surface area contributed by atoms with Crippen molar-refractivity contribution in [1.82, 2.24) is 24.8 Å². The van der Waals surface area contributed by atoms with Gasteiger partial charge in [-0.2, -0.15) is 0 Å². The van der Waals surface area contributed by atoms with Crippen molar-refractivity contribution in [3.8, 4) is 0 Å². The Kier molecular flexibility index (Phi) is 7.72. The number of thiazole rings is 1. The van der Waals surface area contributed by atoms with E-state index >= 15 is 0 Å². The van der Waals surface area contributed by atoms with Gasteiger partial charge in [0.1, 0.15) is 0 Å². The largest absolute Gasteiger partial charge is 0.343 e. The summed E-state index contributed by atoms with van der Waals surface area (Å²) in [6, 6.07) is 0. The summed E-state index contributed by atoms with van der Waals surface area (Å²) in [7, 11) is 0. The number of rotatable bonds is 9. The summed E-state index contributed by atoms with van der Waals surface area (Å²) >= 11 is 3.77. The molecule has 2 amide bonds. The summed E-state index contributed by atoms with van der Waals surface area (Å²) < 4.78 is 1.30. The Morgan fingerprint density at radius 3 is 2.38 bits per heavy atom. The highest BCUT2D eigenvalue weighted by atomic mass is 32.2. The lowest BCUT2D eigenvalue weighted by Crippen LogP contribution is -2.32. The van der Waals surface area contributed by atoms with Crippen LogP contribution < -0.4 is 11.2 Å². The van der Waals surface area contributed by atoms with Gasteiger partial charge in [0.15, 0.2) is 5.13 Å². The molecule has 142 valence electrons. The molecule has 26 heavy (non-hydrogen) atoms. The summed E-state index contributed by atoms with van der Waals surface area (Å²) in [6.07, 6.45) is 0. The number of nitrogens with zero attached hydrogens (tertiary/aromatic N) is 5. The highest BCUT2D eigenvalue weighted by Crippen LogP contribution is 2.21. The summed E-state index contributed by atoms with van der Waals surface area (Å²) in [5, 5.41) is 13.9. The van der Waals surface area contributed by atoms with Crippen molar-refractivity contribution in [1.29, 1.82) is 0 Å². The molecule has 0 aromatic carbocycles. The van der Waals surface area contributed by atoms with Crippen LogP contribution in [0.15, 0.2) is 15.7 Å². The van der Waals surface area contributed by atoms with Gasteiger partial charge >= 0.3 is 0 Å². The Labute approximate surface area is 164 Å². The monoisotopic (exact) mass is 415 g/mol. The Morgan fingerprint density at radius 2 is 1.85 bits per heavy atom. The maximum Gasteiger partial charge on any atom is 0.236 e. The predicted octanol–water partition coefficient (Wildman–Crippen LogP) is 1.45. The molecule has 0 saturated heterocycles. The Morgan fingerprint density at radius 1 is 1.23 bits per heavy atom. The van der Waals surface area contributed by atoms with Gasteiger partial charge in [-0.05, 0) is 20.8 Å². The highest BCUT2D eigenvalue weighted by Gasteiger charge is 2.16. The van der Waals surface area contributed by atoms with Crippen LogP contribution in [0.5, 0.6) is 0 Å². The van der Waals surface area contributed by atoms with E-state index in [-0.39, 0.29) is 23.3 Å². The van der Waals surface area contributed by atoms with E-state index in [9.17, 15) is 9.59 Å². The van der Waals surface area contributed by atoms with Crippen LogP contribution in [0, 0.1) is 6.92 Å². The molecule has 0 atom stereocenters. The lowest BCUT2D eigenvalue weighted by Gasteiger charge is -2.17. The van der Waals surface area contributed by atoms with Gasteiger partial charge in [0.05, 0.1) is 17.2 Å². The zero-order valence-electron chi connectivity index (χ0n) is 14.8. The second kappa shape index (κ2) is 9.78. The molecule has 0 radical (unpaired) electrons. The Hall–Kier alpha value is -1.79. The number of nitrogens with two attached hydrogens (primary N) is 1. The third-order valence-corrected chi connectivity index (χ3v) is 6.02. The molecule has 0 spiro atoms. The first-order valence-electron chi connectivity index (χ1n) is 7.90. The minimum absolute atomic E-state index is 0.0234. The summed E-state index contributed by atoms with van der Waals surface area (Å²) in [6.45, 7) is 7.07. The van der Waals surface area contributed by atoms with Crippen LogP contribution >= 0.6 is 34.9 Å². The van der Waals surface area contributed by atoms with Gasteiger partial charge < -0.3 is 16.1 Å². The first kappa shape index (κ1) is 20.5. The topological polar surface area (TPSA) is 119 Å². The second-order valence-electron chi connectivity index (χ2n) is 5.12. The molecular formula is C14H21N7O2S3. The molecule has 0 bridgehead atoms. The molecule has 0 aliphatic carbocycles. The minimum Gasteiger partial charge on any atom is -0.343 e. The van der Waals surface area contributed by atoms with E-state index in [1.165, 1.54) is 39.5 Å². The maximum absolute atomic E-state index is 12.0. The van der Waals surface area contributed by atoms with E-state index < -0.39 is 0 Å². The number of carbonyl (C=O) groups is 2. The van der Waals surface area contributed by atoms with Crippen LogP contribution in [0.2, 0.25) is 0 Å². The van der Waals surface area contributed by atoms with Gasteiger partial charge in [0.25, 0.3) is 0 Å². The van der Waals surface area contributed by atoms with Crippen molar-refractivity contribution in [2.75, 3.05) is 35.8 Å². The van der Waals surface area contributed by atoms with Crippen molar-refractivity contribution in [3.63, 3.8) is 0 Å². The second-order valence-corrected chi connectivity index (χ2v) is 7.86. The number of amides is 2. The molecule has 2 aromatic rings. The molecule has 9 nitrogen and oxygen atoms in total. The summed E-state index contributed by atoms with van der Waals surface area (Å²) in [5.74, 6) is 6.16. The van der Waals surface area contributed by atoms with E-state index in [1.807, 2.05) is 26.2 Å². The molecule has 0 fully saturated rings. The number of aryl methyl sites for hydroxylation is 1. The SMILES string of the molecule is CCN(CC)C(=O)CSc1nnc(SCC(=O)Nc2nc(C)cs2)n1N. The van der Waals surface area contributed by atoms with Crippen LogP contribution in [0.4, 0.5) is 5.13 Å². The number of nitrogens with one attached hydrogen (secondary N) is 1. The van der Waals surface area contributed by atoms with Crippen molar-refractivity contribution in [2.24, 2.45) is 0 Å². The molecule has 0 aliphatic heterocycles. The van der Waals surface area contributed by atoms with E-state index in [1.54, 1.807) is 4.90 Å². The molecular weight excluding hydrogens is 394 g/mol. The van der Waals surface area contributed by atoms with Crippen molar-refractivity contribution in [2.45, 2.75) is 31.1 Å². The zero-order valence-corrected chi connectivity index (χ0v) is 17.2. The number of nitrogen functional groups attached to an aromatic ring is 1. The summed E-state index contributed by atoms with van der Waals surface area (Å²) in [4.78, 5) is 29.9. The average molecular weight is 416 g/mol. The van der Waals surface area contributed by atoms with Gasteiger partial charge in [-0.1, -0.05) is 23.5 Å². The molecule has 2 rings (SSSR count). The molecule has 0 aliphatic rings. The standard InChI is InChI=1S/C14H21N7O2S3/c1-4-20(5-2)11(23)8-26-14-19-18-13(21(14)15)25-7-10(22)17-12-16-9(3)6-24-12/h6H,4-5,7-8,15H2,1-3H3,(H,16,17,22). The number of hydrogen-bond donors (Lipinski definition) is 2. The van der Waals surface area contributed by atoms with E-state index in [0.717, 1.165) is 5.69 Å². The smallest absolute Gasteiger partial charge is 0.236 e. The average Bonchev–Trinajstić information content (AvgIpc) is 3.18. The van der Waals surface area contributed by atoms with Gasteiger partial charge in [-0.25, -0.2) is 9.66 Å². The third-order valence-electron chi connectivity index (χ3n) is 3.27. The van der Waals surface area contributed by atoms with Gasteiger partial charge in [0.2, 0.25) is 22.1 Å². The van der Waals surface area contributed by atoms with Crippen LogP contribution in [-0.4, -0.2) is 61.2 Å². The first-order valence-corrected chi connectivity index (χ1v) is 10.8. The highest BCUT2D eigenvalue weighted by molar-refractivity contribution is 8.00. The van der Waals surface area contributed by atoms with Crippen molar-refractivity contribution >= 4 is 51.8 Å². The first-order chi connectivity index (χ1) is 12.4. The van der Waals surface area contributed by atoms with Crippen molar-refractivity contribution < 1.29 is 9.59 Å². The number of aromatic nitrogens is 4. The fourth-order valence-electron chi connectivity index (χ4n) is 1.95. The summed E-state index contributed by atoms with van der Waals surface area (Å²) in [5.41, 5.74) is 0.862. The number of hydrogen-bond acceptors (Lipinski definition) is 9. The Balaban J connectivity index is 1.84. The van der Waals surface area contributed by atoms with E-state index in [2.05, 4.69) is 20.5 Å². The van der Waals surface area contributed by atoms with Crippen LogP contribution in [0.3, 0.4) is 0 Å². The molecule has 0 unspecified atom stereocenters. The third kappa shape index (κ3) is 5.61. The maximum atomic E-state index is 12.0. The fraction of sp³-hybridized carbons (Fsp3) is 0.500. The number of carbonyl (C=O) groups excluding carboxylic acids is 2. The van der Waals surface area contributed by atoms with E-state index in [0.29, 0.717) is 28.5 Å². The molecule has 0 saturated carbocycles. The van der Waals surface area contributed by atoms with Crippen LogP contribution in [-0.2, 0) is 9.59 Å².